The third-order valence-electron chi connectivity index (χ3n) is 6.61. The Morgan fingerprint density at radius 1 is 1.00 bits per heavy atom. The smallest absolute Gasteiger partial charge is 0.271 e. The number of anilines is 1. The first kappa shape index (κ1) is 22.6. The number of nitrogens with zero attached hydrogens (tertiary/aromatic N) is 3. The Hall–Kier alpha value is -3.60. The molecule has 0 atom stereocenters. The molecule has 2 aromatic carbocycles. The van der Waals surface area contributed by atoms with Crippen LogP contribution in [-0.2, 0) is 0 Å². The van der Waals surface area contributed by atoms with Crippen LogP contribution >= 0.6 is 0 Å². The largest absolute Gasteiger partial charge is 0.365 e. The first-order valence-electron chi connectivity index (χ1n) is 11.3. The number of amides is 1. The van der Waals surface area contributed by atoms with Gasteiger partial charge >= 0.3 is 0 Å². The van der Waals surface area contributed by atoms with Gasteiger partial charge in [-0.2, -0.15) is 5.10 Å². The number of fused-ring (bicyclic) bond motifs is 1. The molecule has 2 heterocycles. The van der Waals surface area contributed by atoms with Crippen LogP contribution in [-0.4, -0.2) is 29.3 Å². The van der Waals surface area contributed by atoms with Crippen LogP contribution < -0.4 is 10.3 Å². The lowest BCUT2D eigenvalue weighted by Gasteiger charge is -2.41. The van der Waals surface area contributed by atoms with Crippen LogP contribution in [0.1, 0.15) is 59.2 Å². The van der Waals surface area contributed by atoms with Gasteiger partial charge in [0.2, 0.25) is 0 Å². The molecule has 5 nitrogen and oxygen atoms in total. The van der Waals surface area contributed by atoms with Gasteiger partial charge in [-0.05, 0) is 101 Å². The minimum absolute atomic E-state index is 0.0284. The highest BCUT2D eigenvalue weighted by Crippen LogP contribution is 2.38. The van der Waals surface area contributed by atoms with Crippen molar-refractivity contribution in [3.05, 3.63) is 88.2 Å². The second-order valence-electron chi connectivity index (χ2n) is 9.47. The molecule has 5 heteroatoms. The number of aryl methyl sites for hydroxylation is 3. The molecular formula is C28H32N4O. The Balaban J connectivity index is 1.54. The zero-order valence-electron chi connectivity index (χ0n) is 20.5. The van der Waals surface area contributed by atoms with Crippen molar-refractivity contribution in [3.63, 3.8) is 0 Å². The van der Waals surface area contributed by atoms with Gasteiger partial charge in [0.1, 0.15) is 0 Å². The molecule has 4 rings (SSSR count). The fourth-order valence-electron chi connectivity index (χ4n) is 4.54. The van der Waals surface area contributed by atoms with Crippen molar-refractivity contribution < 1.29 is 4.79 Å². The maximum Gasteiger partial charge on any atom is 0.271 e. The normalized spacial score (nSPS) is 14.9. The topological polar surface area (TPSA) is 49.6 Å². The van der Waals surface area contributed by atoms with Crippen LogP contribution in [0.5, 0.6) is 0 Å². The molecule has 33 heavy (non-hydrogen) atoms. The van der Waals surface area contributed by atoms with Gasteiger partial charge in [0, 0.05) is 40.9 Å². The Morgan fingerprint density at radius 3 is 2.39 bits per heavy atom. The number of carbonyl (C=O) groups excluding carboxylic acids is 1. The van der Waals surface area contributed by atoms with Crippen LogP contribution in [0.3, 0.4) is 0 Å². The molecule has 0 fully saturated rings. The van der Waals surface area contributed by atoms with E-state index in [-0.39, 0.29) is 11.4 Å². The highest BCUT2D eigenvalue weighted by molar-refractivity contribution is 5.96. The first-order chi connectivity index (χ1) is 15.6. The number of rotatable bonds is 4. The van der Waals surface area contributed by atoms with E-state index in [1.807, 2.05) is 18.2 Å². The Morgan fingerprint density at radius 2 is 1.70 bits per heavy atom. The summed E-state index contributed by atoms with van der Waals surface area (Å²) in [5.74, 6) is -0.233. The molecule has 0 bridgehead atoms. The number of likely N-dealkylation sites (N-methyl/N-ethyl adjacent to an activating group) is 1. The molecule has 0 aliphatic carbocycles. The van der Waals surface area contributed by atoms with E-state index in [4.69, 9.17) is 0 Å². The summed E-state index contributed by atoms with van der Waals surface area (Å²) in [6.07, 6.45) is 4.01. The van der Waals surface area contributed by atoms with E-state index in [9.17, 15) is 4.79 Å². The van der Waals surface area contributed by atoms with Gasteiger partial charge in [0.05, 0.1) is 11.8 Å². The summed E-state index contributed by atoms with van der Waals surface area (Å²) >= 11 is 0. The Kier molecular flexibility index (Phi) is 5.75. The van der Waals surface area contributed by atoms with Crippen molar-refractivity contribution in [1.29, 1.82) is 0 Å². The van der Waals surface area contributed by atoms with Crippen molar-refractivity contribution >= 4 is 23.4 Å². The van der Waals surface area contributed by atoms with E-state index < -0.39 is 0 Å². The summed E-state index contributed by atoms with van der Waals surface area (Å²) in [7, 11) is 2.13. The second kappa shape index (κ2) is 8.39. The minimum atomic E-state index is -0.233. The molecule has 1 aromatic heterocycles. The van der Waals surface area contributed by atoms with E-state index in [0.29, 0.717) is 5.56 Å². The van der Waals surface area contributed by atoms with Gasteiger partial charge in [0.15, 0.2) is 0 Å². The predicted octanol–water partition coefficient (Wildman–Crippen LogP) is 5.80. The Bertz CT molecular complexity index is 1270. The van der Waals surface area contributed by atoms with E-state index >= 15 is 0 Å². The predicted molar refractivity (Wildman–Crippen MR) is 138 cm³/mol. The maximum absolute atomic E-state index is 12.8. The third kappa shape index (κ3) is 4.23. The number of hydrogen-bond donors (Lipinski definition) is 1. The quantitative estimate of drug-likeness (QED) is 0.412. The number of aromatic nitrogens is 1. The van der Waals surface area contributed by atoms with E-state index in [2.05, 4.69) is 98.9 Å². The molecule has 0 unspecified atom stereocenters. The van der Waals surface area contributed by atoms with Gasteiger partial charge in [-0.1, -0.05) is 12.1 Å². The van der Waals surface area contributed by atoms with Crippen molar-refractivity contribution in [1.82, 2.24) is 9.99 Å². The minimum Gasteiger partial charge on any atom is -0.365 e. The number of hydrazone groups is 1. The van der Waals surface area contributed by atoms with Crippen LogP contribution in [0, 0.1) is 20.8 Å². The maximum atomic E-state index is 12.8. The van der Waals surface area contributed by atoms with Crippen molar-refractivity contribution in [2.75, 3.05) is 11.9 Å². The summed E-state index contributed by atoms with van der Waals surface area (Å²) in [6, 6.07) is 16.1. The van der Waals surface area contributed by atoms with E-state index in [1.54, 1.807) is 12.3 Å². The summed E-state index contributed by atoms with van der Waals surface area (Å²) in [5.41, 5.74) is 12.2. The number of hydrogen-bond acceptors (Lipinski definition) is 3. The highest BCUT2D eigenvalue weighted by atomic mass is 16.2. The van der Waals surface area contributed by atoms with Crippen LogP contribution in [0.15, 0.2) is 59.7 Å². The fraction of sp³-hybridized carbons (Fsp3) is 0.286. The van der Waals surface area contributed by atoms with Crippen molar-refractivity contribution in [2.24, 2.45) is 5.10 Å². The molecule has 1 amide bonds. The van der Waals surface area contributed by atoms with Gasteiger partial charge in [-0.3, -0.25) is 4.79 Å². The zero-order chi connectivity index (χ0) is 23.9. The zero-order valence-corrected chi connectivity index (χ0v) is 20.5. The van der Waals surface area contributed by atoms with Crippen LogP contribution in [0.25, 0.3) is 11.3 Å². The summed E-state index contributed by atoms with van der Waals surface area (Å²) in [4.78, 5) is 15.1. The lowest BCUT2D eigenvalue weighted by atomic mass is 9.87. The number of benzene rings is 2. The highest BCUT2D eigenvalue weighted by Gasteiger charge is 2.28. The molecule has 0 saturated carbocycles. The van der Waals surface area contributed by atoms with Crippen molar-refractivity contribution in [2.45, 2.75) is 47.1 Å². The molecule has 1 N–H and O–H groups in total. The fourth-order valence-corrected chi connectivity index (χ4v) is 4.54. The lowest BCUT2D eigenvalue weighted by Crippen LogP contribution is -2.42. The average molecular weight is 441 g/mol. The second-order valence-corrected chi connectivity index (χ2v) is 9.47. The molecular weight excluding hydrogens is 408 g/mol. The standard InChI is InChI=1S/C28H32N4O/c1-18-13-26-25(19(2)16-28(5,6)31(26)7)15-23(18)17-29-30-27(33)22-9-8-10-24(14-22)32-20(3)11-12-21(32)4/h8-17H,1-7H3,(H,30,33)/b29-17-. The number of carbonyl (C=O) groups is 1. The molecule has 170 valence electrons. The van der Waals surface area contributed by atoms with Gasteiger partial charge in [0.25, 0.3) is 5.91 Å². The van der Waals surface area contributed by atoms with Crippen molar-refractivity contribution in [3.8, 4) is 5.69 Å². The van der Waals surface area contributed by atoms with Gasteiger partial charge in [-0.15, -0.1) is 0 Å². The number of nitrogens with one attached hydrogen (secondary N) is 1. The van der Waals surface area contributed by atoms with Crippen LogP contribution in [0.4, 0.5) is 5.69 Å². The summed E-state index contributed by atoms with van der Waals surface area (Å²) < 4.78 is 2.13. The molecule has 1 aliphatic rings. The molecule has 1 aliphatic heterocycles. The van der Waals surface area contributed by atoms with Gasteiger partial charge < -0.3 is 9.47 Å². The SMILES string of the molecule is CC1=CC(C)(C)N(C)c2cc(C)c(/C=N\NC(=O)c3cccc(-n4c(C)ccc4C)c3)cc21. The first-order valence-corrected chi connectivity index (χ1v) is 11.3. The molecule has 3 aromatic rings. The molecule has 0 radical (unpaired) electrons. The lowest BCUT2D eigenvalue weighted by molar-refractivity contribution is 0.0955. The monoisotopic (exact) mass is 440 g/mol. The summed E-state index contributed by atoms with van der Waals surface area (Å²) in [6.45, 7) is 12.8. The summed E-state index contributed by atoms with van der Waals surface area (Å²) in [5, 5.41) is 4.26. The Labute approximate surface area is 196 Å². The van der Waals surface area contributed by atoms with Gasteiger partial charge in [-0.25, -0.2) is 5.43 Å². The molecule has 0 saturated heterocycles. The average Bonchev–Trinajstić information content (AvgIpc) is 3.10. The van der Waals surface area contributed by atoms with Crippen LogP contribution in [0.2, 0.25) is 0 Å². The third-order valence-corrected chi connectivity index (χ3v) is 6.61. The number of allylic oxidation sites excluding steroid dienone is 1. The molecule has 0 spiro atoms. The van der Waals surface area contributed by atoms with E-state index in [0.717, 1.165) is 28.2 Å². The van der Waals surface area contributed by atoms with E-state index in [1.165, 1.54) is 16.8 Å².